The summed E-state index contributed by atoms with van der Waals surface area (Å²) in [6.07, 6.45) is 18.1. The summed E-state index contributed by atoms with van der Waals surface area (Å²) in [5.74, 6) is 0.334. The molecule has 0 saturated carbocycles. The summed E-state index contributed by atoms with van der Waals surface area (Å²) in [7, 11) is 0. The van der Waals surface area contributed by atoms with Crippen LogP contribution in [0.4, 0.5) is 5.69 Å². The number of allylic oxidation sites excluding steroid dienone is 4. The van der Waals surface area contributed by atoms with Gasteiger partial charge in [-0.1, -0.05) is 76.8 Å². The Morgan fingerprint density at radius 2 is 1.91 bits per heavy atom. The molecule has 188 valence electrons. The molecule has 0 aromatic heterocycles. The number of hydrogen-bond acceptors (Lipinski definition) is 3. The van der Waals surface area contributed by atoms with E-state index in [0.717, 1.165) is 55.2 Å². The molecule has 2 atom stereocenters. The van der Waals surface area contributed by atoms with E-state index >= 15 is 0 Å². The Balaban J connectivity index is 1.87. The molecule has 4 nitrogen and oxygen atoms in total. The zero-order valence-corrected chi connectivity index (χ0v) is 21.8. The molecule has 1 saturated heterocycles. The first kappa shape index (κ1) is 25.3. The second kappa shape index (κ2) is 11.8. The number of anilines is 1. The number of carboxylic acids is 1. The quantitative estimate of drug-likeness (QED) is 0.494. The van der Waals surface area contributed by atoms with Gasteiger partial charge >= 0.3 is 5.97 Å². The van der Waals surface area contributed by atoms with Crippen LogP contribution in [0, 0.1) is 11.8 Å². The number of benzene rings is 1. The van der Waals surface area contributed by atoms with Crippen molar-refractivity contribution in [1.29, 1.82) is 0 Å². The SMILES string of the molecule is CCCc1ccccc1N1CC(C(=O)O)=CC2=C(N3CCCCCC(C)CC3)C=CC(C)CC=C21. The maximum atomic E-state index is 12.3. The lowest BCUT2D eigenvalue weighted by atomic mass is 9.92. The highest BCUT2D eigenvalue weighted by molar-refractivity contribution is 5.91. The molecular formula is C31H42N2O2. The smallest absolute Gasteiger partial charge is 0.333 e. The van der Waals surface area contributed by atoms with Crippen LogP contribution in [0.5, 0.6) is 0 Å². The highest BCUT2D eigenvalue weighted by Gasteiger charge is 2.30. The number of aliphatic carboxylic acids is 1. The highest BCUT2D eigenvalue weighted by atomic mass is 16.4. The van der Waals surface area contributed by atoms with Crippen molar-refractivity contribution in [3.05, 3.63) is 76.7 Å². The molecule has 0 spiro atoms. The standard InChI is InChI=1S/C31H42N2O2/c1-4-10-25-12-7-8-13-28(25)33-22-26(31(34)35)21-27-29(16-14-24(3)15-17-30(27)33)32-19-9-5-6-11-23(2)18-20-32/h7-8,12-14,16-17,21,23-24H,4-6,9-11,15,18-20,22H2,1-3H3,(H,34,35). The van der Waals surface area contributed by atoms with Gasteiger partial charge in [-0.15, -0.1) is 0 Å². The fourth-order valence-electron chi connectivity index (χ4n) is 5.56. The highest BCUT2D eigenvalue weighted by Crippen LogP contribution is 2.38. The van der Waals surface area contributed by atoms with Crippen molar-refractivity contribution in [2.45, 2.75) is 72.1 Å². The van der Waals surface area contributed by atoms with E-state index in [1.54, 1.807) is 0 Å². The molecule has 0 amide bonds. The Labute approximate surface area is 211 Å². The molecule has 35 heavy (non-hydrogen) atoms. The van der Waals surface area contributed by atoms with Gasteiger partial charge in [0.1, 0.15) is 0 Å². The van der Waals surface area contributed by atoms with Crippen LogP contribution in [0.25, 0.3) is 0 Å². The minimum Gasteiger partial charge on any atom is -0.478 e. The summed E-state index contributed by atoms with van der Waals surface area (Å²) in [4.78, 5) is 17.1. The molecule has 1 aromatic carbocycles. The number of nitrogens with zero attached hydrogens (tertiary/aromatic N) is 2. The van der Waals surface area contributed by atoms with Crippen molar-refractivity contribution in [2.24, 2.45) is 11.8 Å². The molecule has 4 heteroatoms. The molecule has 4 rings (SSSR count). The third-order valence-electron chi connectivity index (χ3n) is 7.69. The number of rotatable bonds is 5. The van der Waals surface area contributed by atoms with Crippen LogP contribution in [-0.2, 0) is 11.2 Å². The van der Waals surface area contributed by atoms with Gasteiger partial charge < -0.3 is 14.9 Å². The Morgan fingerprint density at radius 3 is 2.71 bits per heavy atom. The Morgan fingerprint density at radius 1 is 1.09 bits per heavy atom. The molecule has 1 fully saturated rings. The predicted octanol–water partition coefficient (Wildman–Crippen LogP) is 7.11. The molecule has 2 unspecified atom stereocenters. The lowest BCUT2D eigenvalue weighted by Gasteiger charge is -2.38. The molecule has 3 aliphatic rings. The Bertz CT molecular complexity index is 1030. The lowest BCUT2D eigenvalue weighted by molar-refractivity contribution is -0.132. The minimum atomic E-state index is -0.827. The topological polar surface area (TPSA) is 43.8 Å². The molecule has 2 heterocycles. The van der Waals surface area contributed by atoms with Gasteiger partial charge in [0.05, 0.1) is 12.1 Å². The second-order valence-electron chi connectivity index (χ2n) is 10.6. The summed E-state index contributed by atoms with van der Waals surface area (Å²) < 4.78 is 0. The summed E-state index contributed by atoms with van der Waals surface area (Å²) >= 11 is 0. The molecule has 1 N–H and O–H groups in total. The fourth-order valence-corrected chi connectivity index (χ4v) is 5.56. The number of para-hydroxylation sites is 1. The van der Waals surface area contributed by atoms with Crippen LogP contribution in [0.3, 0.4) is 0 Å². The minimum absolute atomic E-state index is 0.397. The van der Waals surface area contributed by atoms with E-state index < -0.39 is 5.97 Å². The predicted molar refractivity (Wildman–Crippen MR) is 145 cm³/mol. The summed E-state index contributed by atoms with van der Waals surface area (Å²) in [5.41, 5.74) is 6.30. The largest absolute Gasteiger partial charge is 0.478 e. The fraction of sp³-hybridized carbons (Fsp3) is 0.516. The van der Waals surface area contributed by atoms with E-state index in [0.29, 0.717) is 18.0 Å². The van der Waals surface area contributed by atoms with Crippen LogP contribution in [-0.4, -0.2) is 35.6 Å². The van der Waals surface area contributed by atoms with Gasteiger partial charge in [0.25, 0.3) is 0 Å². The molecule has 2 aliphatic heterocycles. The van der Waals surface area contributed by atoms with Gasteiger partial charge in [-0.2, -0.15) is 0 Å². The number of hydrogen-bond donors (Lipinski definition) is 1. The Kier molecular flexibility index (Phi) is 8.54. The molecule has 0 radical (unpaired) electrons. The van der Waals surface area contributed by atoms with Crippen LogP contribution in [0.2, 0.25) is 0 Å². The second-order valence-corrected chi connectivity index (χ2v) is 10.6. The van der Waals surface area contributed by atoms with Gasteiger partial charge in [0, 0.05) is 35.7 Å². The van der Waals surface area contributed by atoms with E-state index in [9.17, 15) is 9.90 Å². The normalized spacial score (nSPS) is 23.9. The van der Waals surface area contributed by atoms with Gasteiger partial charge in [0.2, 0.25) is 0 Å². The number of fused-ring (bicyclic) bond motifs is 1. The van der Waals surface area contributed by atoms with Gasteiger partial charge in [0.15, 0.2) is 0 Å². The first-order chi connectivity index (χ1) is 17.0. The Hall–Kier alpha value is -2.75. The van der Waals surface area contributed by atoms with Crippen molar-refractivity contribution >= 4 is 11.7 Å². The van der Waals surface area contributed by atoms with E-state index in [2.05, 4.69) is 73.1 Å². The molecule has 0 bridgehead atoms. The third kappa shape index (κ3) is 6.09. The van der Waals surface area contributed by atoms with Crippen LogP contribution >= 0.6 is 0 Å². The van der Waals surface area contributed by atoms with Crippen LogP contribution < -0.4 is 4.90 Å². The van der Waals surface area contributed by atoms with Crippen molar-refractivity contribution in [3.8, 4) is 0 Å². The van der Waals surface area contributed by atoms with E-state index in [-0.39, 0.29) is 0 Å². The van der Waals surface area contributed by atoms with Crippen molar-refractivity contribution in [3.63, 3.8) is 0 Å². The third-order valence-corrected chi connectivity index (χ3v) is 7.69. The van der Waals surface area contributed by atoms with Crippen LogP contribution in [0.1, 0.15) is 71.3 Å². The summed E-state index contributed by atoms with van der Waals surface area (Å²) in [5, 5.41) is 10.1. The van der Waals surface area contributed by atoms with Gasteiger partial charge in [-0.3, -0.25) is 0 Å². The molecule has 1 aromatic rings. The average Bonchev–Trinajstić information content (AvgIpc) is 2.94. The molecular weight excluding hydrogens is 432 g/mol. The number of carbonyl (C=O) groups is 1. The summed E-state index contributed by atoms with van der Waals surface area (Å²) in [6, 6.07) is 8.52. The van der Waals surface area contributed by atoms with E-state index in [1.807, 2.05) is 6.08 Å². The maximum absolute atomic E-state index is 12.3. The zero-order valence-electron chi connectivity index (χ0n) is 21.8. The zero-order chi connectivity index (χ0) is 24.8. The maximum Gasteiger partial charge on any atom is 0.333 e. The van der Waals surface area contributed by atoms with Crippen molar-refractivity contribution in [1.82, 2.24) is 4.90 Å². The average molecular weight is 475 g/mol. The number of aryl methyl sites for hydroxylation is 1. The first-order valence-corrected chi connectivity index (χ1v) is 13.6. The van der Waals surface area contributed by atoms with E-state index in [4.69, 9.17) is 0 Å². The molecule has 1 aliphatic carbocycles. The lowest BCUT2D eigenvalue weighted by Crippen LogP contribution is -2.35. The van der Waals surface area contributed by atoms with Crippen LogP contribution in [0.15, 0.2) is 71.1 Å². The van der Waals surface area contributed by atoms with Gasteiger partial charge in [-0.05, 0) is 61.3 Å². The monoisotopic (exact) mass is 474 g/mol. The van der Waals surface area contributed by atoms with Gasteiger partial charge in [-0.25, -0.2) is 4.79 Å². The summed E-state index contributed by atoms with van der Waals surface area (Å²) in [6.45, 7) is 9.29. The van der Waals surface area contributed by atoms with Crippen molar-refractivity contribution in [2.75, 3.05) is 24.5 Å². The first-order valence-electron chi connectivity index (χ1n) is 13.6. The van der Waals surface area contributed by atoms with E-state index in [1.165, 1.54) is 43.4 Å². The van der Waals surface area contributed by atoms with Crippen molar-refractivity contribution < 1.29 is 9.90 Å². The number of carboxylic acid groups (broad SMARTS) is 1.